The third kappa shape index (κ3) is 3.41. The number of carbonyl (C=O) groups excluding carboxylic acids is 1. The summed E-state index contributed by atoms with van der Waals surface area (Å²) in [7, 11) is 0. The largest absolute Gasteiger partial charge is 0.451 e. The Hall–Kier alpha value is -3.41. The number of nitrogens with zero attached hydrogens (tertiary/aromatic N) is 2. The number of aromatic nitrogens is 2. The second-order valence-electron chi connectivity index (χ2n) is 6.87. The summed E-state index contributed by atoms with van der Waals surface area (Å²) in [6.45, 7) is 6.36. The molecule has 0 unspecified atom stereocenters. The van der Waals surface area contributed by atoms with E-state index in [9.17, 15) is 4.79 Å². The van der Waals surface area contributed by atoms with Crippen molar-refractivity contribution >= 4 is 16.9 Å². The SMILES string of the molecule is Cc1cc2oc(C(=O)NCCc3nc(-c4ccccc4)no3)c(C)c2cc1C. The molecule has 0 aliphatic carbocycles. The smallest absolute Gasteiger partial charge is 0.287 e. The van der Waals surface area contributed by atoms with E-state index in [1.807, 2.05) is 50.2 Å². The van der Waals surface area contributed by atoms with Gasteiger partial charge in [0.1, 0.15) is 5.58 Å². The monoisotopic (exact) mass is 375 g/mol. The van der Waals surface area contributed by atoms with Gasteiger partial charge in [0.05, 0.1) is 0 Å². The first-order chi connectivity index (χ1) is 13.5. The first-order valence-electron chi connectivity index (χ1n) is 9.19. The van der Waals surface area contributed by atoms with Gasteiger partial charge in [-0.25, -0.2) is 0 Å². The van der Waals surface area contributed by atoms with Gasteiger partial charge in [0.25, 0.3) is 5.91 Å². The molecule has 0 radical (unpaired) electrons. The number of nitrogens with one attached hydrogen (secondary N) is 1. The van der Waals surface area contributed by atoms with Gasteiger partial charge in [-0.15, -0.1) is 0 Å². The molecule has 0 spiro atoms. The van der Waals surface area contributed by atoms with Crippen LogP contribution in [0, 0.1) is 20.8 Å². The Labute approximate surface area is 162 Å². The molecule has 4 rings (SSSR count). The van der Waals surface area contributed by atoms with Gasteiger partial charge < -0.3 is 14.3 Å². The number of carbonyl (C=O) groups is 1. The summed E-state index contributed by atoms with van der Waals surface area (Å²) in [6.07, 6.45) is 0.447. The van der Waals surface area contributed by atoms with E-state index in [2.05, 4.69) is 28.4 Å². The molecule has 6 nitrogen and oxygen atoms in total. The number of aryl methyl sites for hydroxylation is 3. The molecule has 0 fully saturated rings. The highest BCUT2D eigenvalue weighted by molar-refractivity contribution is 5.99. The number of hydrogen-bond acceptors (Lipinski definition) is 5. The lowest BCUT2D eigenvalue weighted by molar-refractivity contribution is 0.0927. The van der Waals surface area contributed by atoms with Crippen molar-refractivity contribution in [2.24, 2.45) is 0 Å². The number of amides is 1. The summed E-state index contributed by atoms with van der Waals surface area (Å²) < 4.78 is 11.1. The van der Waals surface area contributed by atoms with Crippen molar-refractivity contribution in [1.29, 1.82) is 0 Å². The van der Waals surface area contributed by atoms with Gasteiger partial charge in [0, 0.05) is 29.5 Å². The van der Waals surface area contributed by atoms with Crippen LogP contribution in [-0.2, 0) is 6.42 Å². The Balaban J connectivity index is 1.42. The zero-order valence-corrected chi connectivity index (χ0v) is 16.1. The maximum absolute atomic E-state index is 12.6. The topological polar surface area (TPSA) is 81.2 Å². The Kier molecular flexibility index (Phi) is 4.69. The minimum absolute atomic E-state index is 0.244. The Morgan fingerprint density at radius 1 is 1.07 bits per heavy atom. The lowest BCUT2D eigenvalue weighted by Crippen LogP contribution is -2.25. The average Bonchev–Trinajstić information content (AvgIpc) is 3.29. The lowest BCUT2D eigenvalue weighted by atomic mass is 10.1. The zero-order valence-electron chi connectivity index (χ0n) is 16.1. The van der Waals surface area contributed by atoms with Gasteiger partial charge in [-0.3, -0.25) is 4.79 Å². The van der Waals surface area contributed by atoms with E-state index >= 15 is 0 Å². The average molecular weight is 375 g/mol. The van der Waals surface area contributed by atoms with Crippen molar-refractivity contribution in [3.05, 3.63) is 70.8 Å². The van der Waals surface area contributed by atoms with Crippen LogP contribution in [0.5, 0.6) is 0 Å². The first kappa shape index (κ1) is 18.0. The molecule has 28 heavy (non-hydrogen) atoms. The Morgan fingerprint density at radius 2 is 1.82 bits per heavy atom. The molecule has 0 saturated carbocycles. The van der Waals surface area contributed by atoms with Crippen molar-refractivity contribution in [2.45, 2.75) is 27.2 Å². The van der Waals surface area contributed by atoms with Gasteiger partial charge in [-0.05, 0) is 44.0 Å². The molecule has 6 heteroatoms. The van der Waals surface area contributed by atoms with E-state index < -0.39 is 0 Å². The predicted molar refractivity (Wildman–Crippen MR) is 106 cm³/mol. The maximum Gasteiger partial charge on any atom is 0.287 e. The van der Waals surface area contributed by atoms with Crippen molar-refractivity contribution in [1.82, 2.24) is 15.5 Å². The van der Waals surface area contributed by atoms with E-state index in [1.165, 1.54) is 5.56 Å². The van der Waals surface area contributed by atoms with Crippen molar-refractivity contribution in [3.63, 3.8) is 0 Å². The highest BCUT2D eigenvalue weighted by atomic mass is 16.5. The van der Waals surface area contributed by atoms with Gasteiger partial charge in [-0.2, -0.15) is 4.98 Å². The minimum atomic E-state index is -0.244. The first-order valence-corrected chi connectivity index (χ1v) is 9.19. The molecule has 0 bridgehead atoms. The van der Waals surface area contributed by atoms with Crippen molar-refractivity contribution in [3.8, 4) is 11.4 Å². The Bertz CT molecular complexity index is 1140. The zero-order chi connectivity index (χ0) is 19.7. The van der Waals surface area contributed by atoms with E-state index in [1.54, 1.807) is 0 Å². The molecule has 0 aliphatic rings. The standard InChI is InChI=1S/C22H21N3O3/c1-13-11-17-15(3)20(27-18(17)12-14(13)2)22(26)23-10-9-19-24-21(25-28-19)16-7-5-4-6-8-16/h4-8,11-12H,9-10H2,1-3H3,(H,23,26). The molecule has 0 aliphatic heterocycles. The summed E-state index contributed by atoms with van der Waals surface area (Å²) in [5, 5.41) is 7.82. The van der Waals surface area contributed by atoms with Crippen molar-refractivity contribution < 1.29 is 13.7 Å². The lowest BCUT2D eigenvalue weighted by Gasteiger charge is -2.01. The van der Waals surface area contributed by atoms with Crippen LogP contribution in [0.4, 0.5) is 0 Å². The highest BCUT2D eigenvalue weighted by Crippen LogP contribution is 2.28. The van der Waals surface area contributed by atoms with E-state index in [4.69, 9.17) is 8.94 Å². The van der Waals surface area contributed by atoms with Gasteiger partial charge in [-0.1, -0.05) is 35.5 Å². The van der Waals surface area contributed by atoms with E-state index in [0.717, 1.165) is 27.7 Å². The molecule has 142 valence electrons. The fraction of sp³-hybridized carbons (Fsp3) is 0.227. The molecule has 0 saturated heterocycles. The summed E-state index contributed by atoms with van der Waals surface area (Å²) in [6, 6.07) is 13.6. The summed E-state index contributed by atoms with van der Waals surface area (Å²) in [5.74, 6) is 1.12. The third-order valence-corrected chi connectivity index (χ3v) is 4.88. The number of furan rings is 1. The van der Waals surface area contributed by atoms with Crippen molar-refractivity contribution in [2.75, 3.05) is 6.54 Å². The number of fused-ring (bicyclic) bond motifs is 1. The summed E-state index contributed by atoms with van der Waals surface area (Å²) >= 11 is 0. The molecule has 2 aromatic heterocycles. The molecule has 2 aromatic carbocycles. The molecule has 1 N–H and O–H groups in total. The van der Waals surface area contributed by atoms with Crippen LogP contribution in [0.25, 0.3) is 22.4 Å². The van der Waals surface area contributed by atoms with E-state index in [-0.39, 0.29) is 5.91 Å². The van der Waals surface area contributed by atoms with Crippen LogP contribution in [0.2, 0.25) is 0 Å². The van der Waals surface area contributed by atoms with Crippen LogP contribution < -0.4 is 5.32 Å². The van der Waals surface area contributed by atoms with Crippen LogP contribution in [0.1, 0.15) is 33.1 Å². The number of benzene rings is 2. The quantitative estimate of drug-likeness (QED) is 0.560. The number of rotatable bonds is 5. The normalized spacial score (nSPS) is 11.1. The van der Waals surface area contributed by atoms with E-state index in [0.29, 0.717) is 30.4 Å². The molecular formula is C22H21N3O3. The van der Waals surface area contributed by atoms with Crippen LogP contribution in [0.3, 0.4) is 0 Å². The van der Waals surface area contributed by atoms with Gasteiger partial charge in [0.2, 0.25) is 11.7 Å². The molecular weight excluding hydrogens is 354 g/mol. The maximum atomic E-state index is 12.6. The highest BCUT2D eigenvalue weighted by Gasteiger charge is 2.18. The number of hydrogen-bond donors (Lipinski definition) is 1. The molecule has 1 amide bonds. The summed E-state index contributed by atoms with van der Waals surface area (Å²) in [4.78, 5) is 16.9. The Morgan fingerprint density at radius 3 is 2.61 bits per heavy atom. The van der Waals surface area contributed by atoms with Gasteiger partial charge in [0.15, 0.2) is 5.76 Å². The van der Waals surface area contributed by atoms with Crippen LogP contribution in [0.15, 0.2) is 51.4 Å². The third-order valence-electron chi connectivity index (χ3n) is 4.88. The fourth-order valence-corrected chi connectivity index (χ4v) is 3.12. The van der Waals surface area contributed by atoms with Crippen LogP contribution >= 0.6 is 0 Å². The second kappa shape index (κ2) is 7.31. The summed E-state index contributed by atoms with van der Waals surface area (Å²) in [5.41, 5.74) is 4.78. The van der Waals surface area contributed by atoms with Gasteiger partial charge >= 0.3 is 0 Å². The molecule has 4 aromatic rings. The van der Waals surface area contributed by atoms with Crippen LogP contribution in [-0.4, -0.2) is 22.6 Å². The second-order valence-corrected chi connectivity index (χ2v) is 6.87. The predicted octanol–water partition coefficient (Wildman–Crippen LogP) is 4.38. The minimum Gasteiger partial charge on any atom is -0.451 e. The molecule has 2 heterocycles. The fourth-order valence-electron chi connectivity index (χ4n) is 3.12. The molecule has 0 atom stereocenters.